The van der Waals surface area contributed by atoms with E-state index >= 15 is 0 Å². The Morgan fingerprint density at radius 3 is 1.97 bits per heavy atom. The first kappa shape index (κ1) is 26.8. The molecule has 0 aliphatic rings. The average molecular weight is 435 g/mol. The summed E-state index contributed by atoms with van der Waals surface area (Å²) in [5, 5.41) is 29.4. The van der Waals surface area contributed by atoms with E-state index in [1.165, 1.54) is 0 Å². The molecule has 0 radical (unpaired) electrons. The normalized spacial score (nSPS) is 15.2. The van der Waals surface area contributed by atoms with Crippen LogP contribution in [0, 0.1) is 11.8 Å². The molecule has 4 atom stereocenters. The Balaban J connectivity index is 4.64. The van der Waals surface area contributed by atoms with E-state index in [4.69, 9.17) is 16.6 Å². The lowest BCUT2D eigenvalue weighted by Crippen LogP contribution is -2.50. The lowest BCUT2D eigenvalue weighted by molar-refractivity contribution is -0.144. The van der Waals surface area contributed by atoms with Crippen molar-refractivity contribution in [3.63, 3.8) is 0 Å². The summed E-state index contributed by atoms with van der Waals surface area (Å²) < 4.78 is 0. The number of carbonyl (C=O) groups is 5. The number of amides is 1. The van der Waals surface area contributed by atoms with Gasteiger partial charge >= 0.3 is 17.9 Å². The summed E-state index contributed by atoms with van der Waals surface area (Å²) in [5.41, 5.74) is 11.0. The highest BCUT2D eigenvalue weighted by atomic mass is 32.2. The Kier molecular flexibility index (Phi) is 12.1. The predicted molar refractivity (Wildman–Crippen MR) is 105 cm³/mol. The topological polar surface area (TPSA) is 210 Å². The molecule has 0 rings (SSSR count). The second kappa shape index (κ2) is 13.1. The van der Waals surface area contributed by atoms with E-state index in [2.05, 4.69) is 5.32 Å². The molecule has 0 saturated carbocycles. The Morgan fingerprint density at radius 1 is 0.931 bits per heavy atom. The van der Waals surface area contributed by atoms with Crippen LogP contribution in [0.5, 0.6) is 0 Å². The number of nitrogens with one attached hydrogen (secondary N) is 1. The van der Waals surface area contributed by atoms with Gasteiger partial charge in [0.1, 0.15) is 17.9 Å². The molecule has 0 unspecified atom stereocenters. The molecule has 0 bridgehead atoms. The molecule has 12 heteroatoms. The molecule has 0 heterocycles. The van der Waals surface area contributed by atoms with Gasteiger partial charge in [0.15, 0.2) is 0 Å². The van der Waals surface area contributed by atoms with Crippen LogP contribution in [-0.2, 0) is 24.0 Å². The zero-order chi connectivity index (χ0) is 22.7. The van der Waals surface area contributed by atoms with Crippen molar-refractivity contribution in [1.82, 2.24) is 5.32 Å². The van der Waals surface area contributed by atoms with Crippen molar-refractivity contribution in [2.75, 3.05) is 11.5 Å². The highest BCUT2D eigenvalue weighted by molar-refractivity contribution is 7.99. The number of aliphatic carboxylic acids is 3. The van der Waals surface area contributed by atoms with Crippen molar-refractivity contribution in [3.8, 4) is 0 Å². The lowest BCUT2D eigenvalue weighted by Gasteiger charge is -2.20. The van der Waals surface area contributed by atoms with Gasteiger partial charge in [-0.15, -0.1) is 0 Å². The van der Waals surface area contributed by atoms with Crippen molar-refractivity contribution < 1.29 is 39.3 Å². The molecule has 0 aromatic rings. The number of rotatable bonds is 15. The van der Waals surface area contributed by atoms with Gasteiger partial charge in [0.05, 0.1) is 12.0 Å². The zero-order valence-electron chi connectivity index (χ0n) is 16.4. The Labute approximate surface area is 172 Å². The maximum absolute atomic E-state index is 12.1. The van der Waals surface area contributed by atoms with Crippen LogP contribution in [0.3, 0.4) is 0 Å². The zero-order valence-corrected chi connectivity index (χ0v) is 17.2. The molecule has 29 heavy (non-hydrogen) atoms. The number of Topliss-reactive ketones (excluding diaryl/α,β-unsaturated/α-hetero) is 1. The Morgan fingerprint density at radius 2 is 1.52 bits per heavy atom. The summed E-state index contributed by atoms with van der Waals surface area (Å²) >= 11 is 1.01. The minimum atomic E-state index is -1.32. The summed E-state index contributed by atoms with van der Waals surface area (Å²) in [6.45, 7) is 3.41. The van der Waals surface area contributed by atoms with Crippen molar-refractivity contribution in [2.45, 2.75) is 51.2 Å². The largest absolute Gasteiger partial charge is 0.481 e. The lowest BCUT2D eigenvalue weighted by atomic mass is 9.99. The summed E-state index contributed by atoms with van der Waals surface area (Å²) in [5.74, 6) is -6.14. The maximum Gasteiger partial charge on any atom is 0.326 e. The molecule has 0 fully saturated rings. The van der Waals surface area contributed by atoms with Crippen LogP contribution in [0.1, 0.15) is 33.1 Å². The average Bonchev–Trinajstić information content (AvgIpc) is 2.62. The van der Waals surface area contributed by atoms with Crippen molar-refractivity contribution in [3.05, 3.63) is 0 Å². The molecule has 0 aromatic carbocycles. The van der Waals surface area contributed by atoms with E-state index in [-0.39, 0.29) is 36.7 Å². The van der Waals surface area contributed by atoms with Crippen LogP contribution < -0.4 is 16.8 Å². The van der Waals surface area contributed by atoms with Gasteiger partial charge in [0.25, 0.3) is 0 Å². The molecule has 8 N–H and O–H groups in total. The molecular formula is C17H29N3O8S. The highest BCUT2D eigenvalue weighted by Crippen LogP contribution is 2.16. The standard InChI is InChI=1S/C17H29N3O8S/c1-8(2)13(19)14(22)20-12(17(27)28)4-3-10(21)5-9(15(23)24)6-29-7-11(18)16(25)26/h8-9,11-13H,3-7,18-19H2,1-2H3,(H,20,22)(H,23,24)(H,25,26)(H,27,28)/t9-,11+,12-,13+/m1/s1. The first-order valence-corrected chi connectivity index (χ1v) is 10.1. The van der Waals surface area contributed by atoms with Gasteiger partial charge in [-0.25, -0.2) is 4.79 Å². The van der Waals surface area contributed by atoms with E-state index in [1.807, 2.05) is 0 Å². The van der Waals surface area contributed by atoms with E-state index in [9.17, 15) is 34.2 Å². The second-order valence-electron chi connectivity index (χ2n) is 6.97. The van der Waals surface area contributed by atoms with Crippen LogP contribution in [0.25, 0.3) is 0 Å². The molecule has 0 aliphatic heterocycles. The summed E-state index contributed by atoms with van der Waals surface area (Å²) in [6.07, 6.45) is -0.776. The molecule has 0 aromatic heterocycles. The van der Waals surface area contributed by atoms with Gasteiger partial charge < -0.3 is 32.1 Å². The van der Waals surface area contributed by atoms with E-state index < -0.39 is 53.6 Å². The molecule has 11 nitrogen and oxygen atoms in total. The van der Waals surface area contributed by atoms with E-state index in [0.717, 1.165) is 11.8 Å². The van der Waals surface area contributed by atoms with Gasteiger partial charge in [-0.2, -0.15) is 11.8 Å². The minimum absolute atomic E-state index is 0.00344. The van der Waals surface area contributed by atoms with Gasteiger partial charge in [-0.3, -0.25) is 19.2 Å². The van der Waals surface area contributed by atoms with Gasteiger partial charge in [0, 0.05) is 24.3 Å². The van der Waals surface area contributed by atoms with Crippen LogP contribution >= 0.6 is 11.8 Å². The number of carboxylic acids is 3. The molecule has 166 valence electrons. The van der Waals surface area contributed by atoms with Crippen LogP contribution in [0.15, 0.2) is 0 Å². The van der Waals surface area contributed by atoms with Gasteiger partial charge in [-0.1, -0.05) is 13.8 Å². The van der Waals surface area contributed by atoms with Crippen LogP contribution in [0.4, 0.5) is 0 Å². The summed E-state index contributed by atoms with van der Waals surface area (Å²) in [7, 11) is 0. The summed E-state index contributed by atoms with van der Waals surface area (Å²) in [4.78, 5) is 57.3. The summed E-state index contributed by atoms with van der Waals surface area (Å²) in [6, 6.07) is -3.34. The van der Waals surface area contributed by atoms with Crippen molar-refractivity contribution in [2.24, 2.45) is 23.3 Å². The molecule has 1 amide bonds. The Hall–Kier alpha value is -2.18. The fraction of sp³-hybridized carbons (Fsp3) is 0.706. The fourth-order valence-corrected chi connectivity index (χ4v) is 3.21. The van der Waals surface area contributed by atoms with Crippen molar-refractivity contribution >= 4 is 41.4 Å². The third-order valence-corrected chi connectivity index (χ3v) is 5.34. The number of hydrogen-bond acceptors (Lipinski definition) is 8. The quantitative estimate of drug-likeness (QED) is 0.186. The highest BCUT2D eigenvalue weighted by Gasteiger charge is 2.27. The predicted octanol–water partition coefficient (Wildman–Crippen LogP) is -0.876. The van der Waals surface area contributed by atoms with Crippen LogP contribution in [0.2, 0.25) is 0 Å². The minimum Gasteiger partial charge on any atom is -0.481 e. The SMILES string of the molecule is CC(C)[C@H](N)C(=O)N[C@H](CCC(=O)C[C@H](CSC[C@H](N)C(=O)O)C(=O)O)C(=O)O. The molecule has 0 saturated heterocycles. The van der Waals surface area contributed by atoms with E-state index in [1.54, 1.807) is 13.8 Å². The third-order valence-electron chi connectivity index (χ3n) is 4.10. The van der Waals surface area contributed by atoms with Crippen molar-refractivity contribution in [1.29, 1.82) is 0 Å². The number of thioether (sulfide) groups is 1. The van der Waals surface area contributed by atoms with Gasteiger partial charge in [-0.05, 0) is 12.3 Å². The number of ketones is 1. The first-order valence-electron chi connectivity index (χ1n) is 8.96. The van der Waals surface area contributed by atoms with Crippen LogP contribution in [-0.4, -0.2) is 74.5 Å². The Bertz CT molecular complexity index is 613. The maximum atomic E-state index is 12.1. The first-order chi connectivity index (χ1) is 13.4. The second-order valence-corrected chi connectivity index (χ2v) is 8.04. The number of nitrogens with two attached hydrogens (primary N) is 2. The smallest absolute Gasteiger partial charge is 0.326 e. The van der Waals surface area contributed by atoms with E-state index in [0.29, 0.717) is 0 Å². The molecular weight excluding hydrogens is 406 g/mol. The number of carbonyl (C=O) groups excluding carboxylic acids is 2. The molecule has 0 spiro atoms. The monoisotopic (exact) mass is 435 g/mol. The molecule has 0 aliphatic carbocycles. The van der Waals surface area contributed by atoms with Gasteiger partial charge in [0.2, 0.25) is 5.91 Å². The number of hydrogen-bond donors (Lipinski definition) is 6. The third kappa shape index (κ3) is 10.8. The fourth-order valence-electron chi connectivity index (χ4n) is 2.14. The number of carboxylic acid groups (broad SMARTS) is 3.